The predicted octanol–water partition coefficient (Wildman–Crippen LogP) is 3.37. The highest BCUT2D eigenvalue weighted by Crippen LogP contribution is 2.21. The van der Waals surface area contributed by atoms with E-state index in [1.165, 1.54) is 6.42 Å². The van der Waals surface area contributed by atoms with Crippen LogP contribution >= 0.6 is 15.9 Å². The summed E-state index contributed by atoms with van der Waals surface area (Å²) >= 11 is 3.40. The second kappa shape index (κ2) is 6.53. The smallest absolute Gasteiger partial charge is 0.238 e. The molecule has 0 unspecified atom stereocenters. The monoisotopic (exact) mass is 324 g/mol. The van der Waals surface area contributed by atoms with E-state index in [9.17, 15) is 4.79 Å². The van der Waals surface area contributed by atoms with Crippen LogP contribution in [-0.2, 0) is 4.79 Å². The lowest BCUT2D eigenvalue weighted by molar-refractivity contribution is -0.117. The molecule has 0 radical (unpaired) electrons. The van der Waals surface area contributed by atoms with Crippen LogP contribution in [-0.4, -0.2) is 30.4 Å². The van der Waals surface area contributed by atoms with Gasteiger partial charge in [-0.2, -0.15) is 0 Å². The first-order valence-electron chi connectivity index (χ1n) is 6.80. The van der Waals surface area contributed by atoms with E-state index in [-0.39, 0.29) is 5.91 Å². The highest BCUT2D eigenvalue weighted by atomic mass is 79.9. The Morgan fingerprint density at radius 3 is 2.68 bits per heavy atom. The van der Waals surface area contributed by atoms with Crippen molar-refractivity contribution in [2.24, 2.45) is 11.8 Å². The first-order valence-corrected chi connectivity index (χ1v) is 7.60. The average molecular weight is 325 g/mol. The molecule has 1 aliphatic rings. The van der Waals surface area contributed by atoms with E-state index in [4.69, 9.17) is 0 Å². The van der Waals surface area contributed by atoms with Gasteiger partial charge in [-0.3, -0.25) is 9.69 Å². The lowest BCUT2D eigenvalue weighted by Crippen LogP contribution is -2.42. The number of hydrogen-bond acceptors (Lipinski definition) is 2. The number of hydrogen-bond donors (Lipinski definition) is 1. The summed E-state index contributed by atoms with van der Waals surface area (Å²) in [7, 11) is 0. The Bertz CT molecular complexity index is 440. The van der Waals surface area contributed by atoms with Gasteiger partial charge < -0.3 is 5.32 Å². The molecule has 2 atom stereocenters. The maximum Gasteiger partial charge on any atom is 0.238 e. The van der Waals surface area contributed by atoms with Crippen LogP contribution in [0, 0.1) is 11.8 Å². The molecular formula is C15H21BrN2O. The minimum Gasteiger partial charge on any atom is -0.325 e. The van der Waals surface area contributed by atoms with Crippen molar-refractivity contribution in [2.45, 2.75) is 20.3 Å². The number of carbonyl (C=O) groups excluding carboxylic acids is 1. The number of nitrogens with zero attached hydrogens (tertiary/aromatic N) is 1. The van der Waals surface area contributed by atoms with Gasteiger partial charge in [-0.05, 0) is 36.5 Å². The van der Waals surface area contributed by atoms with Crippen molar-refractivity contribution in [1.29, 1.82) is 0 Å². The van der Waals surface area contributed by atoms with Gasteiger partial charge in [-0.15, -0.1) is 0 Å². The number of nitrogens with one attached hydrogen (secondary N) is 1. The van der Waals surface area contributed by atoms with Crippen molar-refractivity contribution in [1.82, 2.24) is 4.90 Å². The molecule has 1 saturated heterocycles. The van der Waals surface area contributed by atoms with Crippen LogP contribution < -0.4 is 5.32 Å². The maximum atomic E-state index is 12.0. The van der Waals surface area contributed by atoms with Crippen LogP contribution in [0.2, 0.25) is 0 Å². The van der Waals surface area contributed by atoms with Gasteiger partial charge in [0.05, 0.1) is 6.54 Å². The lowest BCUT2D eigenvalue weighted by atomic mass is 9.92. The van der Waals surface area contributed by atoms with Crippen molar-refractivity contribution in [2.75, 3.05) is 25.0 Å². The Labute approximate surface area is 123 Å². The summed E-state index contributed by atoms with van der Waals surface area (Å²) in [5.41, 5.74) is 0.845. The Hall–Kier alpha value is -0.870. The Morgan fingerprint density at radius 2 is 2.05 bits per heavy atom. The summed E-state index contributed by atoms with van der Waals surface area (Å²) in [6, 6.07) is 7.69. The number of carbonyl (C=O) groups is 1. The van der Waals surface area contributed by atoms with Gasteiger partial charge >= 0.3 is 0 Å². The zero-order valence-electron chi connectivity index (χ0n) is 11.5. The quantitative estimate of drug-likeness (QED) is 0.924. The number of amides is 1. The standard InChI is InChI=1S/C15H21BrN2O/c1-11-6-12(2)9-18(8-11)10-15(19)17-14-5-3-4-13(16)7-14/h3-5,7,11-12H,6,8-10H2,1-2H3,(H,17,19)/t11-,12-/m1/s1. The third-order valence-corrected chi connectivity index (χ3v) is 3.91. The fraction of sp³-hybridized carbons (Fsp3) is 0.533. The molecule has 1 N–H and O–H groups in total. The van der Waals surface area contributed by atoms with Gasteiger partial charge in [0.2, 0.25) is 5.91 Å². The average Bonchev–Trinajstić information content (AvgIpc) is 2.26. The summed E-state index contributed by atoms with van der Waals surface area (Å²) < 4.78 is 0.977. The SMILES string of the molecule is C[C@@H]1C[C@@H](C)CN(CC(=O)Nc2cccc(Br)c2)C1. The molecule has 104 valence electrons. The molecule has 1 aromatic rings. The highest BCUT2D eigenvalue weighted by molar-refractivity contribution is 9.10. The maximum absolute atomic E-state index is 12.0. The van der Waals surface area contributed by atoms with Crippen molar-refractivity contribution in [3.63, 3.8) is 0 Å². The number of likely N-dealkylation sites (tertiary alicyclic amines) is 1. The molecule has 0 saturated carbocycles. The van der Waals surface area contributed by atoms with Crippen LogP contribution in [0.25, 0.3) is 0 Å². The zero-order valence-corrected chi connectivity index (χ0v) is 13.1. The van der Waals surface area contributed by atoms with Crippen LogP contribution in [0.15, 0.2) is 28.7 Å². The minimum absolute atomic E-state index is 0.0689. The van der Waals surface area contributed by atoms with E-state index in [1.807, 2.05) is 24.3 Å². The van der Waals surface area contributed by atoms with E-state index in [0.29, 0.717) is 18.4 Å². The molecule has 1 amide bonds. The van der Waals surface area contributed by atoms with E-state index in [1.54, 1.807) is 0 Å². The predicted molar refractivity (Wildman–Crippen MR) is 82.2 cm³/mol. The Balaban J connectivity index is 1.87. The molecule has 1 heterocycles. The number of rotatable bonds is 3. The van der Waals surface area contributed by atoms with Crippen LogP contribution in [0.3, 0.4) is 0 Å². The summed E-state index contributed by atoms with van der Waals surface area (Å²) in [5.74, 6) is 1.43. The third-order valence-electron chi connectivity index (χ3n) is 3.42. The van der Waals surface area contributed by atoms with E-state index >= 15 is 0 Å². The second-order valence-corrected chi connectivity index (χ2v) is 6.61. The molecule has 0 aliphatic carbocycles. The molecule has 1 aliphatic heterocycles. The van der Waals surface area contributed by atoms with Crippen LogP contribution in [0.4, 0.5) is 5.69 Å². The van der Waals surface area contributed by atoms with Crippen LogP contribution in [0.1, 0.15) is 20.3 Å². The lowest BCUT2D eigenvalue weighted by Gasteiger charge is -2.34. The van der Waals surface area contributed by atoms with E-state index in [2.05, 4.69) is 40.0 Å². The van der Waals surface area contributed by atoms with E-state index in [0.717, 1.165) is 23.2 Å². The molecule has 4 heteroatoms. The van der Waals surface area contributed by atoms with E-state index < -0.39 is 0 Å². The van der Waals surface area contributed by atoms with Gasteiger partial charge in [-0.1, -0.05) is 35.8 Å². The normalized spacial score (nSPS) is 24.2. The van der Waals surface area contributed by atoms with Gasteiger partial charge in [0, 0.05) is 23.2 Å². The molecule has 19 heavy (non-hydrogen) atoms. The minimum atomic E-state index is 0.0689. The Morgan fingerprint density at radius 1 is 1.37 bits per heavy atom. The van der Waals surface area contributed by atoms with Crippen molar-refractivity contribution < 1.29 is 4.79 Å². The first kappa shape index (κ1) is 14.5. The molecule has 0 bridgehead atoms. The number of halogens is 1. The number of piperidine rings is 1. The topological polar surface area (TPSA) is 32.3 Å². The second-order valence-electron chi connectivity index (χ2n) is 5.70. The summed E-state index contributed by atoms with van der Waals surface area (Å²) in [4.78, 5) is 14.3. The van der Waals surface area contributed by atoms with Crippen LogP contribution in [0.5, 0.6) is 0 Å². The molecule has 0 spiro atoms. The number of anilines is 1. The summed E-state index contributed by atoms with van der Waals surface area (Å²) in [5, 5.41) is 2.95. The van der Waals surface area contributed by atoms with Gasteiger partial charge in [-0.25, -0.2) is 0 Å². The van der Waals surface area contributed by atoms with Gasteiger partial charge in [0.1, 0.15) is 0 Å². The van der Waals surface area contributed by atoms with Crippen molar-refractivity contribution in [3.05, 3.63) is 28.7 Å². The fourth-order valence-corrected chi connectivity index (χ4v) is 3.29. The number of benzene rings is 1. The summed E-state index contributed by atoms with van der Waals surface area (Å²) in [6.45, 7) is 7.05. The molecule has 1 aromatic carbocycles. The Kier molecular flexibility index (Phi) is 4.99. The van der Waals surface area contributed by atoms with Crippen molar-refractivity contribution in [3.8, 4) is 0 Å². The highest BCUT2D eigenvalue weighted by Gasteiger charge is 2.23. The molecule has 1 fully saturated rings. The van der Waals surface area contributed by atoms with Gasteiger partial charge in [0.25, 0.3) is 0 Å². The molecule has 0 aromatic heterocycles. The molecule has 2 rings (SSSR count). The summed E-state index contributed by atoms with van der Waals surface area (Å²) in [6.07, 6.45) is 1.27. The third kappa shape index (κ3) is 4.62. The largest absolute Gasteiger partial charge is 0.325 e. The molecule has 3 nitrogen and oxygen atoms in total. The fourth-order valence-electron chi connectivity index (χ4n) is 2.89. The van der Waals surface area contributed by atoms with Crippen molar-refractivity contribution >= 4 is 27.5 Å². The first-order chi connectivity index (χ1) is 9.02. The van der Waals surface area contributed by atoms with Gasteiger partial charge in [0.15, 0.2) is 0 Å². The molecular weight excluding hydrogens is 304 g/mol. The zero-order chi connectivity index (χ0) is 13.8.